The number of nitrogens with zero attached hydrogens (tertiary/aromatic N) is 1. The average Bonchev–Trinajstić information content (AvgIpc) is 2.55. The van der Waals surface area contributed by atoms with Crippen LogP contribution in [-0.4, -0.2) is 18.3 Å². The van der Waals surface area contributed by atoms with Gasteiger partial charge in [-0.15, -0.1) is 0 Å². The van der Waals surface area contributed by atoms with Gasteiger partial charge in [-0.2, -0.15) is 0 Å². The van der Waals surface area contributed by atoms with Crippen molar-refractivity contribution in [2.24, 2.45) is 5.73 Å². The van der Waals surface area contributed by atoms with Crippen LogP contribution in [0, 0.1) is 0 Å². The number of hydrogen-bond acceptors (Lipinski definition) is 3. The number of anilines is 1. The Kier molecular flexibility index (Phi) is 5.78. The van der Waals surface area contributed by atoms with Crippen LogP contribution in [0.15, 0.2) is 54.6 Å². The number of rotatable bonds is 7. The smallest absolute Gasteiger partial charge is 0.0606 e. The van der Waals surface area contributed by atoms with Gasteiger partial charge in [-0.1, -0.05) is 49.4 Å². The molecule has 0 saturated heterocycles. The second-order valence-electron chi connectivity index (χ2n) is 5.24. The molecule has 0 heterocycles. The average molecular weight is 284 g/mol. The summed E-state index contributed by atoms with van der Waals surface area (Å²) in [4.78, 5) is 2.18. The zero-order valence-electron chi connectivity index (χ0n) is 12.6. The molecule has 21 heavy (non-hydrogen) atoms. The van der Waals surface area contributed by atoms with Crippen LogP contribution in [0.5, 0.6) is 0 Å². The first-order valence-corrected chi connectivity index (χ1v) is 7.50. The van der Waals surface area contributed by atoms with Gasteiger partial charge in [0.15, 0.2) is 0 Å². The fraction of sp³-hybridized carbons (Fsp3) is 0.333. The first-order valence-electron chi connectivity index (χ1n) is 7.50. The molecule has 0 unspecified atom stereocenters. The Morgan fingerprint density at radius 3 is 2.29 bits per heavy atom. The Morgan fingerprint density at radius 1 is 1.05 bits per heavy atom. The number of nitrogens with two attached hydrogens (primary N) is 1. The maximum atomic E-state index is 9.30. The van der Waals surface area contributed by atoms with Gasteiger partial charge in [0.05, 0.1) is 6.61 Å². The predicted molar refractivity (Wildman–Crippen MR) is 88.2 cm³/mol. The van der Waals surface area contributed by atoms with E-state index in [1.807, 2.05) is 18.2 Å². The summed E-state index contributed by atoms with van der Waals surface area (Å²) in [6.45, 7) is 3.64. The van der Waals surface area contributed by atoms with Gasteiger partial charge in [0.25, 0.3) is 0 Å². The highest BCUT2D eigenvalue weighted by molar-refractivity contribution is 5.48. The molecule has 0 aliphatic rings. The highest BCUT2D eigenvalue weighted by Crippen LogP contribution is 2.21. The van der Waals surface area contributed by atoms with Gasteiger partial charge in [0.2, 0.25) is 0 Å². The molecule has 0 spiro atoms. The minimum absolute atomic E-state index is 0.0967. The first kappa shape index (κ1) is 15.5. The van der Waals surface area contributed by atoms with E-state index in [4.69, 9.17) is 5.73 Å². The Hall–Kier alpha value is -1.84. The molecule has 0 aliphatic heterocycles. The molecule has 0 fully saturated rings. The van der Waals surface area contributed by atoms with Gasteiger partial charge in [-0.05, 0) is 29.7 Å². The summed E-state index contributed by atoms with van der Waals surface area (Å²) in [5.74, 6) is 0. The van der Waals surface area contributed by atoms with E-state index in [2.05, 4.69) is 48.2 Å². The lowest BCUT2D eigenvalue weighted by atomic mass is 10.0. The first-order chi connectivity index (χ1) is 10.2. The van der Waals surface area contributed by atoms with Crippen LogP contribution in [0.4, 0.5) is 5.69 Å². The summed E-state index contributed by atoms with van der Waals surface area (Å²) in [6.07, 6.45) is 0.934. The molecule has 0 saturated carbocycles. The van der Waals surface area contributed by atoms with Crippen molar-refractivity contribution in [3.63, 3.8) is 0 Å². The zero-order valence-corrected chi connectivity index (χ0v) is 12.6. The predicted octanol–water partition coefficient (Wildman–Crippen LogP) is 3.10. The maximum absolute atomic E-state index is 9.30. The van der Waals surface area contributed by atoms with Crippen molar-refractivity contribution in [2.45, 2.75) is 25.9 Å². The van der Waals surface area contributed by atoms with E-state index < -0.39 is 0 Å². The SMILES string of the molecule is CC[C@@H](N)c1ccc(N(CCO)Cc2ccccc2)cc1. The van der Waals surface area contributed by atoms with E-state index in [-0.39, 0.29) is 12.6 Å². The molecule has 0 aromatic heterocycles. The summed E-state index contributed by atoms with van der Waals surface area (Å²) < 4.78 is 0. The van der Waals surface area contributed by atoms with Crippen molar-refractivity contribution < 1.29 is 5.11 Å². The molecule has 0 bridgehead atoms. The van der Waals surface area contributed by atoms with Crippen LogP contribution in [0.2, 0.25) is 0 Å². The standard InChI is InChI=1S/C18H24N2O/c1-2-18(19)16-8-10-17(11-9-16)20(12-13-21)14-15-6-4-3-5-7-15/h3-11,18,21H,2,12-14,19H2,1H3/t18-/m1/s1. The number of aliphatic hydroxyl groups is 1. The van der Waals surface area contributed by atoms with Crippen molar-refractivity contribution in [3.05, 3.63) is 65.7 Å². The van der Waals surface area contributed by atoms with Crippen LogP contribution < -0.4 is 10.6 Å². The Labute approximate surface area is 127 Å². The highest BCUT2D eigenvalue weighted by Gasteiger charge is 2.08. The van der Waals surface area contributed by atoms with Crippen molar-refractivity contribution in [3.8, 4) is 0 Å². The lowest BCUT2D eigenvalue weighted by Gasteiger charge is -2.24. The van der Waals surface area contributed by atoms with Gasteiger partial charge in [-0.3, -0.25) is 0 Å². The monoisotopic (exact) mass is 284 g/mol. The van der Waals surface area contributed by atoms with E-state index in [1.54, 1.807) is 0 Å². The molecule has 2 rings (SSSR count). The van der Waals surface area contributed by atoms with Gasteiger partial charge in [0, 0.05) is 24.8 Å². The van der Waals surface area contributed by atoms with E-state index in [9.17, 15) is 5.11 Å². The van der Waals surface area contributed by atoms with Crippen molar-refractivity contribution in [1.82, 2.24) is 0 Å². The molecular formula is C18H24N2O. The van der Waals surface area contributed by atoms with Crippen molar-refractivity contribution in [2.75, 3.05) is 18.1 Å². The summed E-state index contributed by atoms with van der Waals surface area (Å²) in [5, 5.41) is 9.30. The lowest BCUT2D eigenvalue weighted by molar-refractivity contribution is 0.301. The van der Waals surface area contributed by atoms with Crippen LogP contribution in [-0.2, 0) is 6.54 Å². The lowest BCUT2D eigenvalue weighted by Crippen LogP contribution is -2.26. The molecule has 2 aromatic rings. The van der Waals surface area contributed by atoms with Gasteiger partial charge >= 0.3 is 0 Å². The van der Waals surface area contributed by atoms with Crippen LogP contribution in [0.1, 0.15) is 30.5 Å². The molecule has 3 heteroatoms. The molecule has 2 aromatic carbocycles. The molecule has 3 nitrogen and oxygen atoms in total. The van der Waals surface area contributed by atoms with Gasteiger partial charge in [0.1, 0.15) is 0 Å². The molecular weight excluding hydrogens is 260 g/mol. The second-order valence-corrected chi connectivity index (χ2v) is 5.24. The largest absolute Gasteiger partial charge is 0.395 e. The quantitative estimate of drug-likeness (QED) is 0.821. The fourth-order valence-electron chi connectivity index (χ4n) is 2.39. The maximum Gasteiger partial charge on any atom is 0.0606 e. The summed E-state index contributed by atoms with van der Waals surface area (Å²) >= 11 is 0. The minimum atomic E-state index is 0.0967. The third-order valence-corrected chi connectivity index (χ3v) is 3.71. The Balaban J connectivity index is 2.14. The molecule has 1 atom stereocenters. The van der Waals surface area contributed by atoms with Gasteiger partial charge < -0.3 is 15.7 Å². The van der Waals surface area contributed by atoms with E-state index >= 15 is 0 Å². The molecule has 112 valence electrons. The van der Waals surface area contributed by atoms with Crippen LogP contribution in [0.3, 0.4) is 0 Å². The van der Waals surface area contributed by atoms with Gasteiger partial charge in [-0.25, -0.2) is 0 Å². The fourth-order valence-corrected chi connectivity index (χ4v) is 2.39. The molecule has 3 N–H and O–H groups in total. The molecule has 0 amide bonds. The van der Waals surface area contributed by atoms with Crippen molar-refractivity contribution in [1.29, 1.82) is 0 Å². The normalized spacial score (nSPS) is 12.1. The number of aliphatic hydroxyl groups excluding tert-OH is 1. The third kappa shape index (κ3) is 4.31. The third-order valence-electron chi connectivity index (χ3n) is 3.71. The topological polar surface area (TPSA) is 49.5 Å². The van der Waals surface area contributed by atoms with E-state index in [0.717, 1.165) is 24.2 Å². The van der Waals surface area contributed by atoms with E-state index in [0.29, 0.717) is 6.54 Å². The molecule has 0 radical (unpaired) electrons. The summed E-state index contributed by atoms with van der Waals surface area (Å²) in [5.41, 5.74) is 9.55. The highest BCUT2D eigenvalue weighted by atomic mass is 16.3. The van der Waals surface area contributed by atoms with E-state index in [1.165, 1.54) is 5.56 Å². The minimum Gasteiger partial charge on any atom is -0.395 e. The Morgan fingerprint density at radius 2 is 1.71 bits per heavy atom. The second kappa shape index (κ2) is 7.81. The number of hydrogen-bond donors (Lipinski definition) is 2. The van der Waals surface area contributed by atoms with Crippen LogP contribution in [0.25, 0.3) is 0 Å². The number of benzene rings is 2. The summed E-state index contributed by atoms with van der Waals surface area (Å²) in [7, 11) is 0. The zero-order chi connectivity index (χ0) is 15.1. The summed E-state index contributed by atoms with van der Waals surface area (Å²) in [6, 6.07) is 18.7. The van der Waals surface area contributed by atoms with Crippen molar-refractivity contribution >= 4 is 5.69 Å². The van der Waals surface area contributed by atoms with Crippen LogP contribution >= 0.6 is 0 Å². The molecule has 0 aliphatic carbocycles. The Bertz CT molecular complexity index is 525.